The highest BCUT2D eigenvalue weighted by Crippen LogP contribution is 2.48. The molecule has 0 N–H and O–H groups in total. The summed E-state index contributed by atoms with van der Waals surface area (Å²) in [6, 6.07) is 26.9. The molecule has 1 aromatic heterocycles. The van der Waals surface area contributed by atoms with E-state index in [1.807, 2.05) is 47.1 Å². The number of benzene rings is 3. The average Bonchev–Trinajstić information content (AvgIpc) is 3.05. The van der Waals surface area contributed by atoms with Gasteiger partial charge in [-0.05, 0) is 24.1 Å². The molecule has 2 heterocycles. The molecule has 0 saturated heterocycles. The number of aryl methyl sites for hydroxylation is 2. The number of rotatable bonds is 4. The van der Waals surface area contributed by atoms with Crippen LogP contribution in [-0.4, -0.2) is 16.1 Å². The summed E-state index contributed by atoms with van der Waals surface area (Å²) in [4.78, 5) is 14.5. The van der Waals surface area contributed by atoms with Gasteiger partial charge in [0.2, 0.25) is 0 Å². The molecule has 0 amide bonds. The molecule has 0 bridgehead atoms. The van der Waals surface area contributed by atoms with Crippen molar-refractivity contribution in [1.29, 1.82) is 0 Å². The van der Waals surface area contributed by atoms with Gasteiger partial charge in [-0.2, -0.15) is 5.10 Å². The predicted octanol–water partition coefficient (Wildman–Crippen LogP) is 5.74. The molecule has 28 heavy (non-hydrogen) atoms. The number of carbonyl (C=O) groups excluding carboxylic acids is 1. The zero-order valence-corrected chi connectivity index (χ0v) is 16.0. The van der Waals surface area contributed by atoms with Crippen molar-refractivity contribution < 1.29 is 4.79 Å². The largest absolute Gasteiger partial charge is 0.296 e. The smallest absolute Gasteiger partial charge is 0.168 e. The van der Waals surface area contributed by atoms with E-state index in [1.54, 1.807) is 11.8 Å². The molecule has 1 aliphatic rings. The van der Waals surface area contributed by atoms with Crippen LogP contribution in [0.1, 0.15) is 16.1 Å². The number of aromatic nitrogens is 2. The highest BCUT2D eigenvalue weighted by atomic mass is 32.2. The Labute approximate surface area is 168 Å². The normalized spacial score (nSPS) is 11.9. The highest BCUT2D eigenvalue weighted by Gasteiger charge is 2.26. The number of nitrogens with zero attached hydrogens (tertiary/aromatic N) is 2. The Morgan fingerprint density at radius 2 is 1.46 bits per heavy atom. The highest BCUT2D eigenvalue weighted by molar-refractivity contribution is 7.99. The van der Waals surface area contributed by atoms with Crippen molar-refractivity contribution >= 4 is 18.0 Å². The second kappa shape index (κ2) is 7.13. The van der Waals surface area contributed by atoms with E-state index in [9.17, 15) is 4.79 Å². The number of carbonyl (C=O) groups is 1. The monoisotopic (exact) mass is 382 g/mol. The first-order valence-corrected chi connectivity index (χ1v) is 10.1. The number of fused-ring (bicyclic) bond motifs is 5. The van der Waals surface area contributed by atoms with Gasteiger partial charge in [0.25, 0.3) is 0 Å². The second-order valence-electron chi connectivity index (χ2n) is 6.78. The standard InChI is InChI=1S/C24H18N2OS/c27-16-20-23-18-10-4-6-12-21(18)28-22-13-7-5-11-19(22)24(23)25-26(20)15-14-17-8-2-1-3-9-17/h1-13,16H,14-15H2. The van der Waals surface area contributed by atoms with E-state index < -0.39 is 0 Å². The fourth-order valence-electron chi connectivity index (χ4n) is 3.73. The van der Waals surface area contributed by atoms with Gasteiger partial charge in [-0.15, -0.1) is 0 Å². The SMILES string of the molecule is O=Cc1c2c(nn1CCc1ccccc1)-c1ccccc1Sc1ccccc1-2. The molecule has 0 aliphatic carbocycles. The molecule has 0 radical (unpaired) electrons. The van der Waals surface area contributed by atoms with Crippen molar-refractivity contribution in [1.82, 2.24) is 9.78 Å². The van der Waals surface area contributed by atoms with Gasteiger partial charge in [-0.3, -0.25) is 9.48 Å². The first kappa shape index (κ1) is 17.0. The lowest BCUT2D eigenvalue weighted by atomic mass is 9.99. The van der Waals surface area contributed by atoms with E-state index in [0.717, 1.165) is 40.0 Å². The van der Waals surface area contributed by atoms with Crippen molar-refractivity contribution in [2.45, 2.75) is 22.8 Å². The minimum atomic E-state index is 0.649. The molecule has 0 spiro atoms. The summed E-state index contributed by atoms with van der Waals surface area (Å²) in [5, 5.41) is 4.91. The van der Waals surface area contributed by atoms with Gasteiger partial charge in [0.05, 0.1) is 0 Å². The van der Waals surface area contributed by atoms with Gasteiger partial charge in [0.15, 0.2) is 6.29 Å². The lowest BCUT2D eigenvalue weighted by Crippen LogP contribution is -2.07. The third kappa shape index (κ3) is 2.86. The van der Waals surface area contributed by atoms with Gasteiger partial charge < -0.3 is 0 Å². The Kier molecular flexibility index (Phi) is 4.34. The molecular weight excluding hydrogens is 364 g/mol. The summed E-state index contributed by atoms with van der Waals surface area (Å²) >= 11 is 1.73. The molecule has 1 aliphatic heterocycles. The van der Waals surface area contributed by atoms with E-state index in [-0.39, 0.29) is 0 Å². The van der Waals surface area contributed by atoms with E-state index in [2.05, 4.69) is 36.4 Å². The number of aldehydes is 1. The van der Waals surface area contributed by atoms with Gasteiger partial charge in [0, 0.05) is 33.0 Å². The number of hydrogen-bond donors (Lipinski definition) is 0. The molecule has 5 rings (SSSR count). The van der Waals surface area contributed by atoms with E-state index in [0.29, 0.717) is 12.2 Å². The first-order chi connectivity index (χ1) is 13.8. The van der Waals surface area contributed by atoms with Gasteiger partial charge in [0.1, 0.15) is 11.4 Å². The van der Waals surface area contributed by atoms with E-state index in [4.69, 9.17) is 5.10 Å². The molecular formula is C24H18N2OS. The van der Waals surface area contributed by atoms with Crippen LogP contribution in [0.25, 0.3) is 22.4 Å². The van der Waals surface area contributed by atoms with Crippen LogP contribution in [-0.2, 0) is 13.0 Å². The van der Waals surface area contributed by atoms with Crippen LogP contribution < -0.4 is 0 Å². The van der Waals surface area contributed by atoms with Crippen molar-refractivity contribution in [3.8, 4) is 22.4 Å². The Balaban J connectivity index is 1.68. The predicted molar refractivity (Wildman–Crippen MR) is 113 cm³/mol. The molecule has 3 aromatic carbocycles. The molecule has 0 unspecified atom stereocenters. The van der Waals surface area contributed by atoms with Crippen LogP contribution in [0.2, 0.25) is 0 Å². The fourth-order valence-corrected chi connectivity index (χ4v) is 4.82. The molecule has 4 aromatic rings. The van der Waals surface area contributed by atoms with Gasteiger partial charge >= 0.3 is 0 Å². The van der Waals surface area contributed by atoms with Crippen molar-refractivity contribution in [3.05, 3.63) is 90.1 Å². The van der Waals surface area contributed by atoms with Crippen LogP contribution >= 0.6 is 11.8 Å². The molecule has 0 fully saturated rings. The summed E-state index contributed by atoms with van der Waals surface area (Å²) in [7, 11) is 0. The first-order valence-electron chi connectivity index (χ1n) is 9.32. The Bertz CT molecular complexity index is 1160. The number of hydrogen-bond acceptors (Lipinski definition) is 3. The van der Waals surface area contributed by atoms with E-state index in [1.165, 1.54) is 10.5 Å². The summed E-state index contributed by atoms with van der Waals surface area (Å²) in [6.45, 7) is 0.669. The van der Waals surface area contributed by atoms with Crippen molar-refractivity contribution in [2.24, 2.45) is 0 Å². The third-order valence-corrected chi connectivity index (χ3v) is 6.23. The molecule has 0 atom stereocenters. The summed E-state index contributed by atoms with van der Waals surface area (Å²) in [5.41, 5.74) is 5.88. The average molecular weight is 382 g/mol. The zero-order valence-electron chi connectivity index (χ0n) is 15.2. The Hall–Kier alpha value is -3.11. The van der Waals surface area contributed by atoms with Gasteiger partial charge in [-0.1, -0.05) is 78.5 Å². The summed E-state index contributed by atoms with van der Waals surface area (Å²) in [5.74, 6) is 0. The third-order valence-electron chi connectivity index (χ3n) is 5.08. The maximum Gasteiger partial charge on any atom is 0.168 e. The van der Waals surface area contributed by atoms with E-state index >= 15 is 0 Å². The van der Waals surface area contributed by atoms with Crippen molar-refractivity contribution in [2.75, 3.05) is 0 Å². The van der Waals surface area contributed by atoms with Crippen molar-refractivity contribution in [3.63, 3.8) is 0 Å². The Morgan fingerprint density at radius 1 is 0.821 bits per heavy atom. The zero-order chi connectivity index (χ0) is 18.9. The lowest BCUT2D eigenvalue weighted by Gasteiger charge is -2.08. The van der Waals surface area contributed by atoms with Crippen LogP contribution in [0.3, 0.4) is 0 Å². The molecule has 3 nitrogen and oxygen atoms in total. The second-order valence-corrected chi connectivity index (χ2v) is 7.86. The molecule has 0 saturated carbocycles. The van der Waals surface area contributed by atoms with Crippen LogP contribution in [0.15, 0.2) is 88.7 Å². The minimum Gasteiger partial charge on any atom is -0.296 e. The van der Waals surface area contributed by atoms with Crippen LogP contribution in [0.4, 0.5) is 0 Å². The molecule has 4 heteroatoms. The van der Waals surface area contributed by atoms with Gasteiger partial charge in [-0.25, -0.2) is 0 Å². The quantitative estimate of drug-likeness (QED) is 0.372. The maximum atomic E-state index is 12.1. The molecule has 136 valence electrons. The summed E-state index contributed by atoms with van der Waals surface area (Å²) in [6.07, 6.45) is 1.78. The maximum absolute atomic E-state index is 12.1. The van der Waals surface area contributed by atoms with Crippen LogP contribution in [0, 0.1) is 0 Å². The summed E-state index contributed by atoms with van der Waals surface area (Å²) < 4.78 is 1.87. The Morgan fingerprint density at radius 3 is 2.21 bits per heavy atom. The minimum absolute atomic E-state index is 0.649. The van der Waals surface area contributed by atoms with Crippen LogP contribution in [0.5, 0.6) is 0 Å². The fraction of sp³-hybridized carbons (Fsp3) is 0.0833. The topological polar surface area (TPSA) is 34.9 Å². The lowest BCUT2D eigenvalue weighted by molar-refractivity contribution is 0.111.